The highest BCUT2D eigenvalue weighted by Gasteiger charge is 2.21. The van der Waals surface area contributed by atoms with Crippen LogP contribution in [0.1, 0.15) is 42.6 Å². The highest BCUT2D eigenvalue weighted by molar-refractivity contribution is 6.06. The topological polar surface area (TPSA) is 84.9 Å². The van der Waals surface area contributed by atoms with Crippen LogP contribution in [0.4, 0.5) is 5.69 Å². The van der Waals surface area contributed by atoms with E-state index in [1.165, 1.54) is 18.2 Å². The number of hydrogen-bond acceptors (Lipinski definition) is 4. The highest BCUT2D eigenvalue weighted by atomic mass is 16.5. The lowest BCUT2D eigenvalue weighted by Gasteiger charge is -2.27. The monoisotopic (exact) mass is 407 g/mol. The average molecular weight is 407 g/mol. The van der Waals surface area contributed by atoms with Crippen molar-refractivity contribution in [2.24, 2.45) is 0 Å². The van der Waals surface area contributed by atoms with Crippen molar-refractivity contribution in [2.45, 2.75) is 32.3 Å². The third-order valence-electron chi connectivity index (χ3n) is 4.29. The zero-order chi connectivity index (χ0) is 22.1. The van der Waals surface area contributed by atoms with Gasteiger partial charge in [-0.2, -0.15) is 0 Å². The summed E-state index contributed by atoms with van der Waals surface area (Å²) in [6, 6.07) is 11.5. The molecular formula is C24H25NO5. The van der Waals surface area contributed by atoms with Gasteiger partial charge in [0.2, 0.25) is 5.91 Å². The number of carboxylic acids is 1. The minimum absolute atomic E-state index is 0.0218. The first kappa shape index (κ1) is 22.6. The van der Waals surface area contributed by atoms with E-state index in [0.29, 0.717) is 24.3 Å². The van der Waals surface area contributed by atoms with E-state index in [-0.39, 0.29) is 11.3 Å². The molecule has 0 saturated carbocycles. The predicted molar refractivity (Wildman–Crippen MR) is 117 cm³/mol. The summed E-state index contributed by atoms with van der Waals surface area (Å²) in [6.45, 7) is 3.89. The van der Waals surface area contributed by atoms with Gasteiger partial charge in [0.25, 0.3) is 0 Å². The number of methoxy groups -OCH3 is 1. The van der Waals surface area contributed by atoms with Gasteiger partial charge in [-0.25, -0.2) is 4.79 Å². The van der Waals surface area contributed by atoms with Crippen LogP contribution in [0.3, 0.4) is 0 Å². The number of nitrogens with one attached hydrogen (secondary N) is 1. The maximum absolute atomic E-state index is 12.3. The van der Waals surface area contributed by atoms with E-state index in [2.05, 4.69) is 11.2 Å². The van der Waals surface area contributed by atoms with Crippen LogP contribution in [0.25, 0.3) is 6.08 Å². The minimum Gasteiger partial charge on any atom is -0.493 e. The van der Waals surface area contributed by atoms with Crippen molar-refractivity contribution in [3.05, 3.63) is 59.7 Å². The maximum atomic E-state index is 12.3. The zero-order valence-electron chi connectivity index (χ0n) is 17.3. The van der Waals surface area contributed by atoms with Crippen molar-refractivity contribution in [1.29, 1.82) is 0 Å². The van der Waals surface area contributed by atoms with Crippen molar-refractivity contribution in [3.8, 4) is 23.8 Å². The Kier molecular flexibility index (Phi) is 7.65. The van der Waals surface area contributed by atoms with Crippen LogP contribution in [0.2, 0.25) is 0 Å². The second-order valence-electron chi connectivity index (χ2n) is 7.15. The van der Waals surface area contributed by atoms with Gasteiger partial charge in [-0.05, 0) is 56.2 Å². The number of carbonyl (C=O) groups is 2. The molecule has 30 heavy (non-hydrogen) atoms. The Morgan fingerprint density at radius 2 is 1.93 bits per heavy atom. The van der Waals surface area contributed by atoms with Crippen molar-refractivity contribution in [1.82, 2.24) is 0 Å². The molecule has 2 N–H and O–H groups in total. The van der Waals surface area contributed by atoms with Crippen LogP contribution in [0.5, 0.6) is 11.5 Å². The van der Waals surface area contributed by atoms with Crippen LogP contribution in [-0.4, -0.2) is 29.7 Å². The van der Waals surface area contributed by atoms with E-state index < -0.39 is 17.5 Å². The molecule has 0 bridgehead atoms. The third kappa shape index (κ3) is 6.42. The van der Waals surface area contributed by atoms with Gasteiger partial charge >= 0.3 is 5.97 Å². The number of terminal acetylenes is 1. The Labute approximate surface area is 176 Å². The number of carboxylic acid groups (broad SMARTS) is 1. The molecular weight excluding hydrogens is 382 g/mol. The standard InChI is InChI=1S/C24H25NO5/c1-5-6-15-24(2,3)30-21-16-17(11-13-20(21)29-4)12-14-22(26)25-19-10-8-7-9-18(19)23(27)28/h1,7-14,16H,6,15H2,2-4H3,(H,25,26)(H,27,28)/b14-12+. The predicted octanol–water partition coefficient (Wildman–Crippen LogP) is 4.62. The van der Waals surface area contributed by atoms with E-state index in [1.807, 2.05) is 13.8 Å². The smallest absolute Gasteiger partial charge is 0.337 e. The largest absolute Gasteiger partial charge is 0.493 e. The van der Waals surface area contributed by atoms with Crippen LogP contribution in [0, 0.1) is 12.3 Å². The molecule has 2 rings (SSSR count). The van der Waals surface area contributed by atoms with Gasteiger partial charge in [-0.15, -0.1) is 12.3 Å². The Bertz CT molecular complexity index is 985. The third-order valence-corrected chi connectivity index (χ3v) is 4.29. The van der Waals surface area contributed by atoms with Crippen molar-refractivity contribution >= 4 is 23.6 Å². The molecule has 2 aromatic rings. The fraction of sp³-hybridized carbons (Fsp3) is 0.250. The Morgan fingerprint density at radius 1 is 1.20 bits per heavy atom. The Balaban J connectivity index is 2.16. The summed E-state index contributed by atoms with van der Waals surface area (Å²) in [7, 11) is 1.56. The van der Waals surface area contributed by atoms with Gasteiger partial charge in [0, 0.05) is 12.5 Å². The van der Waals surface area contributed by atoms with Crippen LogP contribution < -0.4 is 14.8 Å². The van der Waals surface area contributed by atoms with Gasteiger partial charge in [0.15, 0.2) is 11.5 Å². The number of carbonyl (C=O) groups excluding carboxylic acids is 1. The summed E-state index contributed by atoms with van der Waals surface area (Å²) in [4.78, 5) is 23.5. The number of ether oxygens (including phenoxy) is 2. The number of benzene rings is 2. The number of rotatable bonds is 9. The lowest BCUT2D eigenvalue weighted by Crippen LogP contribution is -2.28. The molecule has 0 aliphatic carbocycles. The molecule has 1 amide bonds. The fourth-order valence-corrected chi connectivity index (χ4v) is 2.72. The summed E-state index contributed by atoms with van der Waals surface area (Å²) in [5, 5.41) is 11.8. The molecule has 6 nitrogen and oxygen atoms in total. The summed E-state index contributed by atoms with van der Waals surface area (Å²) in [6.07, 6.45) is 9.55. The Hall–Kier alpha value is -3.72. The van der Waals surface area contributed by atoms with Crippen LogP contribution in [0.15, 0.2) is 48.5 Å². The lowest BCUT2D eigenvalue weighted by molar-refractivity contribution is -0.111. The van der Waals surface area contributed by atoms with Gasteiger partial charge in [-0.1, -0.05) is 18.2 Å². The van der Waals surface area contributed by atoms with Gasteiger partial charge in [0.1, 0.15) is 5.60 Å². The molecule has 0 saturated heterocycles. The Morgan fingerprint density at radius 3 is 2.60 bits per heavy atom. The zero-order valence-corrected chi connectivity index (χ0v) is 17.3. The van der Waals surface area contributed by atoms with Crippen molar-refractivity contribution in [3.63, 3.8) is 0 Å². The maximum Gasteiger partial charge on any atom is 0.337 e. The molecule has 0 spiro atoms. The van der Waals surface area contributed by atoms with E-state index in [9.17, 15) is 14.7 Å². The number of amides is 1. The quantitative estimate of drug-likeness (QED) is 0.468. The average Bonchev–Trinajstić information content (AvgIpc) is 2.71. The number of anilines is 1. The molecule has 0 aliphatic rings. The molecule has 0 fully saturated rings. The van der Waals surface area contributed by atoms with Crippen LogP contribution in [-0.2, 0) is 4.79 Å². The molecule has 0 atom stereocenters. The van der Waals surface area contributed by atoms with Gasteiger partial charge in [-0.3, -0.25) is 4.79 Å². The second kappa shape index (κ2) is 10.2. The summed E-state index contributed by atoms with van der Waals surface area (Å²) in [5.41, 5.74) is 0.488. The number of para-hydroxylation sites is 1. The molecule has 0 aliphatic heterocycles. The number of hydrogen-bond donors (Lipinski definition) is 2. The van der Waals surface area contributed by atoms with Gasteiger partial charge < -0.3 is 19.9 Å². The van der Waals surface area contributed by atoms with Crippen LogP contribution >= 0.6 is 0 Å². The van der Waals surface area contributed by atoms with E-state index in [0.717, 1.165) is 5.56 Å². The van der Waals surface area contributed by atoms with E-state index in [1.54, 1.807) is 43.5 Å². The second-order valence-corrected chi connectivity index (χ2v) is 7.15. The minimum atomic E-state index is -1.11. The molecule has 2 aromatic carbocycles. The highest BCUT2D eigenvalue weighted by Crippen LogP contribution is 2.33. The molecule has 156 valence electrons. The van der Waals surface area contributed by atoms with Crippen molar-refractivity contribution in [2.75, 3.05) is 12.4 Å². The first-order chi connectivity index (χ1) is 14.3. The number of aromatic carboxylic acids is 1. The first-order valence-electron chi connectivity index (χ1n) is 9.37. The summed E-state index contributed by atoms with van der Waals surface area (Å²) in [5.74, 6) is 2.16. The fourth-order valence-electron chi connectivity index (χ4n) is 2.72. The molecule has 0 radical (unpaired) electrons. The van der Waals surface area contributed by atoms with E-state index in [4.69, 9.17) is 15.9 Å². The molecule has 6 heteroatoms. The normalized spacial score (nSPS) is 11.0. The first-order valence-corrected chi connectivity index (χ1v) is 9.37. The van der Waals surface area contributed by atoms with E-state index >= 15 is 0 Å². The summed E-state index contributed by atoms with van der Waals surface area (Å²) < 4.78 is 11.5. The summed E-state index contributed by atoms with van der Waals surface area (Å²) >= 11 is 0. The molecule has 0 aromatic heterocycles. The molecule has 0 heterocycles. The molecule has 0 unspecified atom stereocenters. The van der Waals surface area contributed by atoms with Crippen molar-refractivity contribution < 1.29 is 24.2 Å². The SMILES string of the molecule is C#CCCC(C)(C)Oc1cc(/C=C/C(=O)Nc2ccccc2C(=O)O)ccc1OC. The lowest BCUT2D eigenvalue weighted by atomic mass is 10.0. The van der Waals surface area contributed by atoms with Gasteiger partial charge in [0.05, 0.1) is 18.4 Å².